The molecule has 1 heterocycles. The Balaban J connectivity index is 2.01. The molecule has 7 heteroatoms. The molecule has 5 nitrogen and oxygen atoms in total. The van der Waals surface area contributed by atoms with Crippen LogP contribution in [0.4, 0.5) is 0 Å². The standard InChI is InChI=1S/C13H17N3O2S2/c1-2-14-7-11-3-5-13(6-4-11)20(17,18)16-9-12-8-15-10-19-12/h3-6,8,10,14,16H,2,7,9H2,1H3. The molecule has 1 aromatic carbocycles. The molecule has 0 bridgehead atoms. The van der Waals surface area contributed by atoms with E-state index >= 15 is 0 Å². The van der Waals surface area contributed by atoms with Crippen LogP contribution in [0.25, 0.3) is 0 Å². The fourth-order valence-electron chi connectivity index (χ4n) is 1.63. The highest BCUT2D eigenvalue weighted by Crippen LogP contribution is 2.12. The maximum atomic E-state index is 12.1. The van der Waals surface area contributed by atoms with Gasteiger partial charge in [0, 0.05) is 24.2 Å². The van der Waals surface area contributed by atoms with Crippen LogP contribution in [0.3, 0.4) is 0 Å². The van der Waals surface area contributed by atoms with E-state index in [1.807, 2.05) is 19.1 Å². The molecule has 0 aliphatic rings. The van der Waals surface area contributed by atoms with Crippen molar-refractivity contribution in [2.75, 3.05) is 6.54 Å². The predicted molar refractivity (Wildman–Crippen MR) is 80.0 cm³/mol. The van der Waals surface area contributed by atoms with E-state index in [4.69, 9.17) is 0 Å². The molecule has 0 saturated heterocycles. The van der Waals surface area contributed by atoms with Gasteiger partial charge in [-0.25, -0.2) is 13.1 Å². The first-order valence-corrected chi connectivity index (χ1v) is 8.65. The Kier molecular flexibility index (Phi) is 5.24. The van der Waals surface area contributed by atoms with Crippen molar-refractivity contribution < 1.29 is 8.42 Å². The molecule has 2 N–H and O–H groups in total. The van der Waals surface area contributed by atoms with Crippen LogP contribution in [-0.2, 0) is 23.1 Å². The number of benzene rings is 1. The van der Waals surface area contributed by atoms with Crippen LogP contribution in [0.15, 0.2) is 40.9 Å². The van der Waals surface area contributed by atoms with Crippen LogP contribution < -0.4 is 10.0 Å². The van der Waals surface area contributed by atoms with Gasteiger partial charge in [0.2, 0.25) is 10.0 Å². The topological polar surface area (TPSA) is 71.1 Å². The molecular formula is C13H17N3O2S2. The lowest BCUT2D eigenvalue weighted by Gasteiger charge is -2.07. The van der Waals surface area contributed by atoms with E-state index in [-0.39, 0.29) is 11.4 Å². The largest absolute Gasteiger partial charge is 0.313 e. The molecular weight excluding hydrogens is 294 g/mol. The third kappa shape index (κ3) is 4.11. The third-order valence-electron chi connectivity index (χ3n) is 2.73. The Morgan fingerprint density at radius 3 is 2.55 bits per heavy atom. The predicted octanol–water partition coefficient (Wildman–Crippen LogP) is 1.73. The molecule has 0 aliphatic carbocycles. The number of nitrogens with one attached hydrogen (secondary N) is 2. The molecule has 2 aromatic rings. The Hall–Kier alpha value is -1.28. The maximum absolute atomic E-state index is 12.1. The van der Waals surface area contributed by atoms with Gasteiger partial charge in [0.15, 0.2) is 0 Å². The quantitative estimate of drug-likeness (QED) is 0.817. The molecule has 108 valence electrons. The lowest BCUT2D eigenvalue weighted by atomic mass is 10.2. The number of rotatable bonds is 7. The zero-order valence-corrected chi connectivity index (χ0v) is 12.8. The molecule has 0 aliphatic heterocycles. The Morgan fingerprint density at radius 1 is 1.20 bits per heavy atom. The molecule has 0 radical (unpaired) electrons. The minimum Gasteiger partial charge on any atom is -0.313 e. The first-order chi connectivity index (χ1) is 9.62. The molecule has 0 fully saturated rings. The van der Waals surface area contributed by atoms with Crippen molar-refractivity contribution in [3.63, 3.8) is 0 Å². The van der Waals surface area contributed by atoms with Crippen molar-refractivity contribution in [3.05, 3.63) is 46.4 Å². The summed E-state index contributed by atoms with van der Waals surface area (Å²) in [7, 11) is -3.47. The minimum absolute atomic E-state index is 0.270. The number of thiazole rings is 1. The van der Waals surface area contributed by atoms with Gasteiger partial charge in [-0.15, -0.1) is 11.3 Å². The highest BCUT2D eigenvalue weighted by Gasteiger charge is 2.13. The smallest absolute Gasteiger partial charge is 0.240 e. The number of nitrogens with zero attached hydrogens (tertiary/aromatic N) is 1. The van der Waals surface area contributed by atoms with Crippen LogP contribution in [0.1, 0.15) is 17.4 Å². The lowest BCUT2D eigenvalue weighted by Crippen LogP contribution is -2.22. The van der Waals surface area contributed by atoms with E-state index < -0.39 is 10.0 Å². The molecule has 0 atom stereocenters. The van der Waals surface area contributed by atoms with Crippen LogP contribution >= 0.6 is 11.3 Å². The van der Waals surface area contributed by atoms with E-state index in [1.54, 1.807) is 23.8 Å². The second-order valence-electron chi connectivity index (χ2n) is 4.22. The molecule has 20 heavy (non-hydrogen) atoms. The fourth-order valence-corrected chi connectivity index (χ4v) is 3.27. The van der Waals surface area contributed by atoms with Gasteiger partial charge in [0.1, 0.15) is 0 Å². The third-order valence-corrected chi connectivity index (χ3v) is 4.93. The van der Waals surface area contributed by atoms with Crippen LogP contribution in [0, 0.1) is 0 Å². The molecule has 0 saturated carbocycles. The van der Waals surface area contributed by atoms with Gasteiger partial charge in [-0.3, -0.25) is 4.98 Å². The number of hydrogen-bond donors (Lipinski definition) is 2. The molecule has 0 spiro atoms. The molecule has 0 unspecified atom stereocenters. The van der Waals surface area contributed by atoms with Crippen molar-refractivity contribution in [2.45, 2.75) is 24.9 Å². The van der Waals surface area contributed by atoms with Gasteiger partial charge in [-0.05, 0) is 24.2 Å². The summed E-state index contributed by atoms with van der Waals surface area (Å²) in [6.45, 7) is 3.93. The minimum atomic E-state index is -3.47. The van der Waals surface area contributed by atoms with Gasteiger partial charge in [0.25, 0.3) is 0 Å². The summed E-state index contributed by atoms with van der Waals surface area (Å²) < 4.78 is 26.8. The first kappa shape index (κ1) is 15.1. The van der Waals surface area contributed by atoms with Crippen molar-refractivity contribution in [2.24, 2.45) is 0 Å². The highest BCUT2D eigenvalue weighted by molar-refractivity contribution is 7.89. The Labute approximate surface area is 123 Å². The number of sulfonamides is 1. The average molecular weight is 311 g/mol. The normalized spacial score (nSPS) is 11.7. The lowest BCUT2D eigenvalue weighted by molar-refractivity contribution is 0.581. The first-order valence-electron chi connectivity index (χ1n) is 6.28. The van der Waals surface area contributed by atoms with E-state index in [0.717, 1.165) is 23.5 Å². The van der Waals surface area contributed by atoms with Gasteiger partial charge >= 0.3 is 0 Å². The van der Waals surface area contributed by atoms with E-state index in [1.165, 1.54) is 11.3 Å². The van der Waals surface area contributed by atoms with Gasteiger partial charge in [0.05, 0.1) is 10.4 Å². The Bertz CT molecular complexity index is 622. The van der Waals surface area contributed by atoms with Crippen molar-refractivity contribution >= 4 is 21.4 Å². The SMILES string of the molecule is CCNCc1ccc(S(=O)(=O)NCc2cncs2)cc1. The zero-order chi connectivity index (χ0) is 14.4. The van der Waals surface area contributed by atoms with Crippen molar-refractivity contribution in [3.8, 4) is 0 Å². The second-order valence-corrected chi connectivity index (χ2v) is 6.95. The van der Waals surface area contributed by atoms with Crippen molar-refractivity contribution in [1.82, 2.24) is 15.0 Å². The van der Waals surface area contributed by atoms with E-state index in [0.29, 0.717) is 0 Å². The van der Waals surface area contributed by atoms with Crippen molar-refractivity contribution in [1.29, 1.82) is 0 Å². The van der Waals surface area contributed by atoms with Gasteiger partial charge in [-0.2, -0.15) is 0 Å². The maximum Gasteiger partial charge on any atom is 0.240 e. The monoisotopic (exact) mass is 311 g/mol. The van der Waals surface area contributed by atoms with Crippen LogP contribution in [-0.4, -0.2) is 19.9 Å². The Morgan fingerprint density at radius 2 is 1.95 bits per heavy atom. The molecule has 0 amide bonds. The highest BCUT2D eigenvalue weighted by atomic mass is 32.2. The summed E-state index contributed by atoms with van der Waals surface area (Å²) in [5.74, 6) is 0. The number of hydrogen-bond acceptors (Lipinski definition) is 5. The molecule has 1 aromatic heterocycles. The summed E-state index contributed by atoms with van der Waals surface area (Å²) >= 11 is 1.42. The van der Waals surface area contributed by atoms with Gasteiger partial charge in [-0.1, -0.05) is 19.1 Å². The summed E-state index contributed by atoms with van der Waals surface area (Å²) in [5, 5.41) is 3.20. The van der Waals surface area contributed by atoms with Crippen LogP contribution in [0.5, 0.6) is 0 Å². The van der Waals surface area contributed by atoms with Crippen LogP contribution in [0.2, 0.25) is 0 Å². The second kappa shape index (κ2) is 6.94. The summed E-state index contributed by atoms with van der Waals surface area (Å²) in [4.78, 5) is 5.08. The fraction of sp³-hybridized carbons (Fsp3) is 0.308. The number of aromatic nitrogens is 1. The summed E-state index contributed by atoms with van der Waals surface area (Å²) in [5.41, 5.74) is 2.74. The summed E-state index contributed by atoms with van der Waals surface area (Å²) in [6.07, 6.45) is 1.66. The average Bonchev–Trinajstić information content (AvgIpc) is 2.97. The van der Waals surface area contributed by atoms with E-state index in [9.17, 15) is 8.42 Å². The van der Waals surface area contributed by atoms with Gasteiger partial charge < -0.3 is 5.32 Å². The zero-order valence-electron chi connectivity index (χ0n) is 11.2. The molecule has 2 rings (SSSR count). The summed E-state index contributed by atoms with van der Waals surface area (Å²) in [6, 6.07) is 6.90. The van der Waals surface area contributed by atoms with E-state index in [2.05, 4.69) is 15.0 Å².